The molecule has 0 spiro atoms. The summed E-state index contributed by atoms with van der Waals surface area (Å²) in [6.45, 7) is 6.85. The molecule has 0 aliphatic rings. The maximum atomic E-state index is 12.0. The third-order valence-corrected chi connectivity index (χ3v) is 3.42. The lowest BCUT2D eigenvalue weighted by Gasteiger charge is -2.12. The normalized spacial score (nSPS) is 10.2. The third kappa shape index (κ3) is 3.81. The first-order valence-electron chi connectivity index (χ1n) is 7.18. The number of hydrogen-bond acceptors (Lipinski definition) is 3. The number of aryl methyl sites for hydroxylation is 1. The number of amides is 1. The van der Waals surface area contributed by atoms with E-state index in [1.54, 1.807) is 12.4 Å². The predicted molar refractivity (Wildman–Crippen MR) is 86.1 cm³/mol. The van der Waals surface area contributed by atoms with Gasteiger partial charge in [-0.25, -0.2) is 0 Å². The predicted octanol–water partition coefficient (Wildman–Crippen LogP) is 3.58. The van der Waals surface area contributed by atoms with Gasteiger partial charge in [0.05, 0.1) is 17.4 Å². The fourth-order valence-corrected chi connectivity index (χ4v) is 2.02. The Morgan fingerprint density at radius 3 is 2.81 bits per heavy atom. The molecule has 21 heavy (non-hydrogen) atoms. The van der Waals surface area contributed by atoms with E-state index in [0.717, 1.165) is 17.8 Å². The third-order valence-electron chi connectivity index (χ3n) is 3.42. The molecule has 0 atom stereocenters. The maximum absolute atomic E-state index is 12.0. The summed E-state index contributed by atoms with van der Waals surface area (Å²) >= 11 is 0. The van der Waals surface area contributed by atoms with Crippen molar-refractivity contribution in [3.8, 4) is 0 Å². The smallest absolute Gasteiger partial charge is 0.252 e. The summed E-state index contributed by atoms with van der Waals surface area (Å²) in [6, 6.07) is 7.93. The number of pyridine rings is 1. The van der Waals surface area contributed by atoms with Crippen molar-refractivity contribution in [1.82, 2.24) is 10.3 Å². The molecule has 2 rings (SSSR count). The van der Waals surface area contributed by atoms with Crippen LogP contribution in [0.2, 0.25) is 0 Å². The average molecular weight is 283 g/mol. The largest absolute Gasteiger partial charge is 0.354 e. The van der Waals surface area contributed by atoms with E-state index in [1.165, 1.54) is 11.1 Å². The van der Waals surface area contributed by atoms with Gasteiger partial charge in [0.2, 0.25) is 0 Å². The quantitative estimate of drug-likeness (QED) is 0.881. The lowest BCUT2D eigenvalue weighted by molar-refractivity contribution is 0.0953. The minimum Gasteiger partial charge on any atom is -0.354 e. The number of benzene rings is 1. The van der Waals surface area contributed by atoms with Crippen LogP contribution in [0.25, 0.3) is 0 Å². The second-order valence-electron chi connectivity index (χ2n) is 5.09. The van der Waals surface area contributed by atoms with Gasteiger partial charge in [-0.3, -0.25) is 9.78 Å². The van der Waals surface area contributed by atoms with Crippen molar-refractivity contribution in [2.75, 3.05) is 11.9 Å². The Labute approximate surface area is 125 Å². The van der Waals surface area contributed by atoms with Crippen LogP contribution in [0.5, 0.6) is 0 Å². The molecule has 0 saturated carbocycles. The molecule has 1 amide bonds. The Morgan fingerprint density at radius 2 is 2.05 bits per heavy atom. The molecule has 0 saturated heterocycles. The zero-order valence-corrected chi connectivity index (χ0v) is 12.7. The van der Waals surface area contributed by atoms with Crippen LogP contribution >= 0.6 is 0 Å². The Balaban J connectivity index is 2.18. The van der Waals surface area contributed by atoms with Gasteiger partial charge >= 0.3 is 0 Å². The molecule has 2 N–H and O–H groups in total. The first kappa shape index (κ1) is 15.0. The van der Waals surface area contributed by atoms with Crippen LogP contribution in [0, 0.1) is 13.8 Å². The van der Waals surface area contributed by atoms with Gasteiger partial charge in [-0.2, -0.15) is 0 Å². The van der Waals surface area contributed by atoms with Gasteiger partial charge in [0.25, 0.3) is 5.91 Å². The summed E-state index contributed by atoms with van der Waals surface area (Å²) < 4.78 is 0. The van der Waals surface area contributed by atoms with Crippen molar-refractivity contribution in [1.29, 1.82) is 0 Å². The zero-order valence-electron chi connectivity index (χ0n) is 12.7. The first-order chi connectivity index (χ1) is 10.1. The number of hydrogen-bond donors (Lipinski definition) is 2. The number of rotatable bonds is 5. The van der Waals surface area contributed by atoms with Crippen LogP contribution in [0.3, 0.4) is 0 Å². The van der Waals surface area contributed by atoms with E-state index in [1.807, 2.05) is 25.1 Å². The fraction of sp³-hybridized carbons (Fsp3) is 0.294. The molecule has 4 nitrogen and oxygen atoms in total. The van der Waals surface area contributed by atoms with Crippen molar-refractivity contribution in [3.63, 3.8) is 0 Å². The molecule has 110 valence electrons. The molecular formula is C17H21N3O. The molecule has 1 aromatic carbocycles. The molecule has 0 aliphatic carbocycles. The number of aromatic nitrogens is 1. The van der Waals surface area contributed by atoms with Gasteiger partial charge in [-0.15, -0.1) is 0 Å². The monoisotopic (exact) mass is 283 g/mol. The minimum atomic E-state index is -0.0889. The van der Waals surface area contributed by atoms with Gasteiger partial charge in [0.1, 0.15) is 0 Å². The minimum absolute atomic E-state index is 0.0889. The van der Waals surface area contributed by atoms with E-state index in [0.29, 0.717) is 12.1 Å². The number of nitrogens with zero attached hydrogens (tertiary/aromatic N) is 1. The van der Waals surface area contributed by atoms with E-state index in [4.69, 9.17) is 0 Å². The average Bonchev–Trinajstić information content (AvgIpc) is 2.50. The van der Waals surface area contributed by atoms with Gasteiger partial charge < -0.3 is 10.6 Å². The summed E-state index contributed by atoms with van der Waals surface area (Å²) in [5.41, 5.74) is 4.83. The van der Waals surface area contributed by atoms with Crippen LogP contribution in [-0.4, -0.2) is 17.4 Å². The van der Waals surface area contributed by atoms with Crippen molar-refractivity contribution >= 4 is 17.3 Å². The van der Waals surface area contributed by atoms with E-state index >= 15 is 0 Å². The van der Waals surface area contributed by atoms with Crippen LogP contribution in [0.1, 0.15) is 34.8 Å². The molecule has 1 aromatic heterocycles. The molecule has 0 unspecified atom stereocenters. The van der Waals surface area contributed by atoms with Crippen molar-refractivity contribution in [3.05, 3.63) is 53.3 Å². The molecule has 0 radical (unpaired) electrons. The van der Waals surface area contributed by atoms with Gasteiger partial charge in [0, 0.05) is 18.4 Å². The highest BCUT2D eigenvalue weighted by Gasteiger charge is 2.07. The molecule has 2 aromatic rings. The van der Waals surface area contributed by atoms with Crippen molar-refractivity contribution < 1.29 is 4.79 Å². The van der Waals surface area contributed by atoms with E-state index in [9.17, 15) is 4.79 Å². The highest BCUT2D eigenvalue weighted by Crippen LogP contribution is 2.22. The van der Waals surface area contributed by atoms with Crippen molar-refractivity contribution in [2.45, 2.75) is 27.2 Å². The number of nitrogens with one attached hydrogen (secondary N) is 2. The SMILES string of the molecule is CCCNC(=O)c1cncc(Nc2cccc(C)c2C)c1. The summed E-state index contributed by atoms with van der Waals surface area (Å²) in [7, 11) is 0. The number of anilines is 2. The van der Waals surface area contributed by atoms with Gasteiger partial charge in [0.15, 0.2) is 0 Å². The lowest BCUT2D eigenvalue weighted by Crippen LogP contribution is -2.24. The van der Waals surface area contributed by atoms with Gasteiger partial charge in [-0.05, 0) is 43.5 Å². The van der Waals surface area contributed by atoms with Crippen molar-refractivity contribution in [2.24, 2.45) is 0 Å². The number of carbonyl (C=O) groups excluding carboxylic acids is 1. The summed E-state index contributed by atoms with van der Waals surface area (Å²) in [5, 5.41) is 6.18. The standard InChI is InChI=1S/C17H21N3O/c1-4-8-19-17(21)14-9-15(11-18-10-14)20-16-7-5-6-12(2)13(16)3/h5-7,9-11,20H,4,8H2,1-3H3,(H,19,21). The lowest BCUT2D eigenvalue weighted by atomic mass is 10.1. The Kier molecular flexibility index (Phi) is 4.93. The Hall–Kier alpha value is -2.36. The highest BCUT2D eigenvalue weighted by molar-refractivity contribution is 5.94. The second-order valence-corrected chi connectivity index (χ2v) is 5.09. The van der Waals surface area contributed by atoms with Gasteiger partial charge in [-0.1, -0.05) is 19.1 Å². The summed E-state index contributed by atoms with van der Waals surface area (Å²) in [6.07, 6.45) is 4.22. The maximum Gasteiger partial charge on any atom is 0.252 e. The molecule has 4 heteroatoms. The Morgan fingerprint density at radius 1 is 1.24 bits per heavy atom. The molecular weight excluding hydrogens is 262 g/mol. The van der Waals surface area contributed by atoms with Crippen LogP contribution in [-0.2, 0) is 0 Å². The zero-order chi connectivity index (χ0) is 15.2. The van der Waals surface area contributed by atoms with E-state index < -0.39 is 0 Å². The molecule has 0 fully saturated rings. The fourth-order valence-electron chi connectivity index (χ4n) is 2.02. The second kappa shape index (κ2) is 6.88. The molecule has 0 bridgehead atoms. The van der Waals surface area contributed by atoms with E-state index in [2.05, 4.69) is 35.5 Å². The van der Waals surface area contributed by atoms with Crippen LogP contribution in [0.15, 0.2) is 36.7 Å². The van der Waals surface area contributed by atoms with E-state index in [-0.39, 0.29) is 5.91 Å². The first-order valence-corrected chi connectivity index (χ1v) is 7.18. The van der Waals surface area contributed by atoms with Crippen LogP contribution < -0.4 is 10.6 Å². The summed E-state index contributed by atoms with van der Waals surface area (Å²) in [4.78, 5) is 16.1. The topological polar surface area (TPSA) is 54.0 Å². The molecule has 0 aliphatic heterocycles. The molecule has 1 heterocycles. The highest BCUT2D eigenvalue weighted by atomic mass is 16.1. The Bertz CT molecular complexity index is 638. The van der Waals surface area contributed by atoms with Crippen LogP contribution in [0.4, 0.5) is 11.4 Å². The summed E-state index contributed by atoms with van der Waals surface area (Å²) in [5.74, 6) is -0.0889. The number of carbonyl (C=O) groups is 1.